The molecular formula is C9H12N2O3. The minimum atomic E-state index is -0.498. The van der Waals surface area contributed by atoms with Crippen molar-refractivity contribution < 1.29 is 14.7 Å². The van der Waals surface area contributed by atoms with Gasteiger partial charge in [0.05, 0.1) is 11.9 Å². The Morgan fingerprint density at radius 2 is 2.21 bits per heavy atom. The van der Waals surface area contributed by atoms with E-state index in [1.807, 2.05) is 0 Å². The van der Waals surface area contributed by atoms with Crippen LogP contribution in [-0.2, 0) is 9.47 Å². The van der Waals surface area contributed by atoms with Crippen LogP contribution >= 0.6 is 0 Å². The van der Waals surface area contributed by atoms with Crippen molar-refractivity contribution in [2.45, 2.75) is 6.29 Å². The highest BCUT2D eigenvalue weighted by molar-refractivity contribution is 5.78. The van der Waals surface area contributed by atoms with E-state index in [2.05, 4.69) is 10.1 Å². The molecule has 0 aliphatic heterocycles. The molecule has 0 saturated carbocycles. The van der Waals surface area contributed by atoms with E-state index in [4.69, 9.17) is 14.7 Å². The van der Waals surface area contributed by atoms with E-state index >= 15 is 0 Å². The second-order valence-corrected chi connectivity index (χ2v) is 2.56. The van der Waals surface area contributed by atoms with Crippen molar-refractivity contribution in [2.24, 2.45) is 5.16 Å². The van der Waals surface area contributed by atoms with Crippen LogP contribution in [0, 0.1) is 0 Å². The molecule has 0 fully saturated rings. The molecule has 0 aliphatic carbocycles. The lowest BCUT2D eigenvalue weighted by atomic mass is 10.2. The minimum absolute atomic E-state index is 0.498. The first-order valence-electron chi connectivity index (χ1n) is 4.00. The van der Waals surface area contributed by atoms with Crippen LogP contribution in [-0.4, -0.2) is 30.6 Å². The maximum absolute atomic E-state index is 8.35. The van der Waals surface area contributed by atoms with Gasteiger partial charge in [0.1, 0.15) is 0 Å². The third-order valence-corrected chi connectivity index (χ3v) is 1.68. The number of oxime groups is 1. The third-order valence-electron chi connectivity index (χ3n) is 1.68. The maximum atomic E-state index is 8.35. The Morgan fingerprint density at radius 1 is 1.50 bits per heavy atom. The molecule has 5 nitrogen and oxygen atoms in total. The van der Waals surface area contributed by atoms with Crippen LogP contribution in [0.1, 0.15) is 17.5 Å². The van der Waals surface area contributed by atoms with E-state index in [0.29, 0.717) is 5.69 Å². The molecule has 0 saturated heterocycles. The van der Waals surface area contributed by atoms with Gasteiger partial charge >= 0.3 is 0 Å². The second-order valence-electron chi connectivity index (χ2n) is 2.56. The van der Waals surface area contributed by atoms with Gasteiger partial charge in [0.15, 0.2) is 0 Å². The molecule has 0 amide bonds. The van der Waals surface area contributed by atoms with E-state index in [1.54, 1.807) is 18.3 Å². The molecular weight excluding hydrogens is 184 g/mol. The fourth-order valence-corrected chi connectivity index (χ4v) is 1.08. The third kappa shape index (κ3) is 2.51. The summed E-state index contributed by atoms with van der Waals surface area (Å²) in [6.07, 6.45) is 2.41. The summed E-state index contributed by atoms with van der Waals surface area (Å²) in [5.41, 5.74) is 1.36. The normalized spacial score (nSPS) is 11.4. The Balaban J connectivity index is 2.92. The van der Waals surface area contributed by atoms with Gasteiger partial charge in [-0.15, -0.1) is 0 Å². The first-order valence-corrected chi connectivity index (χ1v) is 4.00. The smallest absolute Gasteiger partial charge is 0.200 e. The number of rotatable bonds is 4. The lowest BCUT2D eigenvalue weighted by Gasteiger charge is -2.12. The van der Waals surface area contributed by atoms with Gasteiger partial charge in [0.2, 0.25) is 6.29 Å². The fraction of sp³-hybridized carbons (Fsp3) is 0.333. The van der Waals surface area contributed by atoms with Crippen LogP contribution in [0.4, 0.5) is 0 Å². The Labute approximate surface area is 82.0 Å². The Kier molecular flexibility index (Phi) is 4.03. The van der Waals surface area contributed by atoms with E-state index in [0.717, 1.165) is 5.56 Å². The predicted molar refractivity (Wildman–Crippen MR) is 50.4 cm³/mol. The molecule has 1 N–H and O–H groups in total. The summed E-state index contributed by atoms with van der Waals surface area (Å²) in [7, 11) is 3.06. The number of nitrogens with zero attached hydrogens (tertiary/aromatic N) is 2. The van der Waals surface area contributed by atoms with E-state index in [9.17, 15) is 0 Å². The lowest BCUT2D eigenvalue weighted by Crippen LogP contribution is -2.06. The first kappa shape index (κ1) is 10.6. The van der Waals surface area contributed by atoms with Crippen molar-refractivity contribution in [1.82, 2.24) is 4.98 Å². The summed E-state index contributed by atoms with van der Waals surface area (Å²) in [5, 5.41) is 11.3. The maximum Gasteiger partial charge on any atom is 0.200 e. The number of ether oxygens (including phenoxy) is 2. The molecule has 0 atom stereocenters. The topological polar surface area (TPSA) is 63.9 Å². The quantitative estimate of drug-likeness (QED) is 0.340. The molecule has 1 rings (SSSR count). The van der Waals surface area contributed by atoms with Crippen molar-refractivity contribution in [2.75, 3.05) is 14.2 Å². The van der Waals surface area contributed by atoms with Gasteiger partial charge in [-0.25, -0.2) is 0 Å². The average Bonchev–Trinajstić information content (AvgIpc) is 2.21. The molecule has 0 spiro atoms. The van der Waals surface area contributed by atoms with Crippen molar-refractivity contribution >= 4 is 6.21 Å². The van der Waals surface area contributed by atoms with Gasteiger partial charge in [0.25, 0.3) is 0 Å². The highest BCUT2D eigenvalue weighted by Gasteiger charge is 2.09. The molecule has 14 heavy (non-hydrogen) atoms. The molecule has 1 aromatic rings. The highest BCUT2D eigenvalue weighted by Crippen LogP contribution is 2.14. The summed E-state index contributed by atoms with van der Waals surface area (Å²) < 4.78 is 10.1. The summed E-state index contributed by atoms with van der Waals surface area (Å²) in [6, 6.07) is 3.43. The number of pyridine rings is 1. The SMILES string of the molecule is COC(OC)c1cc(C=NO)ccn1. The molecule has 0 radical (unpaired) electrons. The predicted octanol–water partition coefficient (Wildman–Crippen LogP) is 1.18. The van der Waals surface area contributed by atoms with Crippen LogP contribution < -0.4 is 0 Å². The second kappa shape index (κ2) is 5.31. The van der Waals surface area contributed by atoms with E-state index in [-0.39, 0.29) is 0 Å². The van der Waals surface area contributed by atoms with Crippen molar-refractivity contribution in [3.8, 4) is 0 Å². The summed E-state index contributed by atoms with van der Waals surface area (Å²) >= 11 is 0. The zero-order valence-corrected chi connectivity index (χ0v) is 8.04. The molecule has 1 heterocycles. The van der Waals surface area contributed by atoms with Gasteiger partial charge in [-0.1, -0.05) is 5.16 Å². The van der Waals surface area contributed by atoms with Gasteiger partial charge in [-0.2, -0.15) is 0 Å². The minimum Gasteiger partial charge on any atom is -0.411 e. The fourth-order valence-electron chi connectivity index (χ4n) is 1.08. The van der Waals surface area contributed by atoms with Crippen LogP contribution in [0.5, 0.6) is 0 Å². The number of methoxy groups -OCH3 is 2. The first-order chi connectivity index (χ1) is 6.81. The van der Waals surface area contributed by atoms with Crippen molar-refractivity contribution in [1.29, 1.82) is 0 Å². The Morgan fingerprint density at radius 3 is 2.79 bits per heavy atom. The standard InChI is InChI=1S/C9H12N2O3/c1-13-9(14-2)8-5-7(6-11-12)3-4-10-8/h3-6,9,12H,1-2H3. The molecule has 0 unspecified atom stereocenters. The largest absolute Gasteiger partial charge is 0.411 e. The Hall–Kier alpha value is -1.46. The summed E-state index contributed by atoms with van der Waals surface area (Å²) in [5.74, 6) is 0. The zero-order chi connectivity index (χ0) is 10.4. The highest BCUT2D eigenvalue weighted by atomic mass is 16.7. The summed E-state index contributed by atoms with van der Waals surface area (Å²) in [4.78, 5) is 4.07. The number of hydrogen-bond donors (Lipinski definition) is 1. The zero-order valence-electron chi connectivity index (χ0n) is 8.04. The monoisotopic (exact) mass is 196 g/mol. The van der Waals surface area contributed by atoms with Crippen molar-refractivity contribution in [3.63, 3.8) is 0 Å². The van der Waals surface area contributed by atoms with Gasteiger partial charge in [0, 0.05) is 20.4 Å². The Bertz CT molecular complexity index is 311. The summed E-state index contributed by atoms with van der Waals surface area (Å²) in [6.45, 7) is 0. The van der Waals surface area contributed by atoms with Crippen molar-refractivity contribution in [3.05, 3.63) is 29.6 Å². The van der Waals surface area contributed by atoms with Gasteiger partial charge < -0.3 is 14.7 Å². The van der Waals surface area contributed by atoms with Crippen LogP contribution in [0.2, 0.25) is 0 Å². The van der Waals surface area contributed by atoms with Gasteiger partial charge in [-0.05, 0) is 17.7 Å². The molecule has 1 aromatic heterocycles. The van der Waals surface area contributed by atoms with Gasteiger partial charge in [-0.3, -0.25) is 4.98 Å². The number of aromatic nitrogens is 1. The molecule has 0 bridgehead atoms. The molecule has 5 heteroatoms. The lowest BCUT2D eigenvalue weighted by molar-refractivity contribution is -0.108. The molecule has 0 aliphatic rings. The van der Waals surface area contributed by atoms with E-state index in [1.165, 1.54) is 20.4 Å². The van der Waals surface area contributed by atoms with E-state index < -0.39 is 6.29 Å². The molecule has 0 aromatic carbocycles. The van der Waals surface area contributed by atoms with Crippen LogP contribution in [0.15, 0.2) is 23.5 Å². The van der Waals surface area contributed by atoms with Crippen LogP contribution in [0.3, 0.4) is 0 Å². The van der Waals surface area contributed by atoms with Crippen LogP contribution in [0.25, 0.3) is 0 Å². The molecule has 76 valence electrons. The number of hydrogen-bond acceptors (Lipinski definition) is 5. The average molecular weight is 196 g/mol.